The van der Waals surface area contributed by atoms with E-state index in [1.807, 2.05) is 35.2 Å². The van der Waals surface area contributed by atoms with E-state index in [4.69, 9.17) is 0 Å². The molecule has 3 heteroatoms. The quantitative estimate of drug-likeness (QED) is 0.748. The highest BCUT2D eigenvalue weighted by atomic mass is 16.2. The Kier molecular flexibility index (Phi) is 4.40. The van der Waals surface area contributed by atoms with E-state index in [1.54, 1.807) is 11.0 Å². The van der Waals surface area contributed by atoms with E-state index in [2.05, 4.69) is 6.58 Å². The van der Waals surface area contributed by atoms with Gasteiger partial charge < -0.3 is 4.90 Å². The first kappa shape index (κ1) is 12.7. The molecule has 0 saturated carbocycles. The molecular formula is C15H20N2O. The number of carbonyl (C=O) groups is 1. The Bertz CT molecular complexity index is 396. The lowest BCUT2D eigenvalue weighted by Gasteiger charge is -2.32. The highest BCUT2D eigenvalue weighted by molar-refractivity contribution is 5.92. The number of carbonyl (C=O) groups excluding carboxylic acids is 1. The third-order valence-corrected chi connectivity index (χ3v) is 3.24. The lowest BCUT2D eigenvalue weighted by atomic mass is 10.1. The predicted octanol–water partition coefficient (Wildman–Crippen LogP) is 3.28. The number of para-hydroxylation sites is 1. The average Bonchev–Trinajstić information content (AvgIpc) is 2.46. The topological polar surface area (TPSA) is 23.6 Å². The molecule has 0 atom stereocenters. The van der Waals surface area contributed by atoms with Crippen molar-refractivity contribution in [1.29, 1.82) is 0 Å². The van der Waals surface area contributed by atoms with Gasteiger partial charge in [-0.2, -0.15) is 0 Å². The maximum atomic E-state index is 12.5. The van der Waals surface area contributed by atoms with Crippen molar-refractivity contribution in [1.82, 2.24) is 4.90 Å². The van der Waals surface area contributed by atoms with E-state index < -0.39 is 0 Å². The molecule has 1 aliphatic rings. The second kappa shape index (κ2) is 6.24. The summed E-state index contributed by atoms with van der Waals surface area (Å²) >= 11 is 0. The number of hydrogen-bond acceptors (Lipinski definition) is 1. The second-order valence-electron chi connectivity index (χ2n) is 4.57. The van der Waals surface area contributed by atoms with E-state index in [9.17, 15) is 4.79 Å². The van der Waals surface area contributed by atoms with Gasteiger partial charge in [-0.05, 0) is 31.4 Å². The zero-order chi connectivity index (χ0) is 12.8. The average molecular weight is 244 g/mol. The number of benzene rings is 1. The molecular weight excluding hydrogens is 224 g/mol. The van der Waals surface area contributed by atoms with Gasteiger partial charge in [-0.25, -0.2) is 4.79 Å². The van der Waals surface area contributed by atoms with Crippen LogP contribution in [0.15, 0.2) is 43.0 Å². The molecule has 2 amide bonds. The fourth-order valence-electron chi connectivity index (χ4n) is 2.29. The van der Waals surface area contributed by atoms with Gasteiger partial charge in [0.1, 0.15) is 0 Å². The highest BCUT2D eigenvalue weighted by Crippen LogP contribution is 2.18. The lowest BCUT2D eigenvalue weighted by Crippen LogP contribution is -2.45. The van der Waals surface area contributed by atoms with Crippen LogP contribution in [-0.4, -0.2) is 30.6 Å². The van der Waals surface area contributed by atoms with Crippen molar-refractivity contribution in [3.8, 4) is 0 Å². The van der Waals surface area contributed by atoms with Crippen LogP contribution in [-0.2, 0) is 0 Å². The molecule has 96 valence electrons. The van der Waals surface area contributed by atoms with Gasteiger partial charge in [-0.1, -0.05) is 24.3 Å². The molecule has 18 heavy (non-hydrogen) atoms. The van der Waals surface area contributed by atoms with Crippen LogP contribution in [0, 0.1) is 0 Å². The van der Waals surface area contributed by atoms with E-state index in [0.717, 1.165) is 31.6 Å². The van der Waals surface area contributed by atoms with E-state index >= 15 is 0 Å². The minimum Gasteiger partial charge on any atom is -0.324 e. The first-order valence-electron chi connectivity index (χ1n) is 6.55. The van der Waals surface area contributed by atoms with Crippen molar-refractivity contribution in [2.75, 3.05) is 24.5 Å². The first-order chi connectivity index (χ1) is 8.83. The number of rotatable bonds is 3. The molecule has 3 nitrogen and oxygen atoms in total. The molecule has 1 aliphatic heterocycles. The number of piperidine rings is 1. The molecule has 1 fully saturated rings. The van der Waals surface area contributed by atoms with Gasteiger partial charge in [-0.15, -0.1) is 6.58 Å². The molecule has 0 aromatic heterocycles. The SMILES string of the molecule is C=CCN(C(=O)N1CCCCC1)c1ccccc1. The van der Waals surface area contributed by atoms with Crippen molar-refractivity contribution in [3.63, 3.8) is 0 Å². The molecule has 0 bridgehead atoms. The van der Waals surface area contributed by atoms with E-state index in [1.165, 1.54) is 6.42 Å². The van der Waals surface area contributed by atoms with Gasteiger partial charge in [0.2, 0.25) is 0 Å². The number of likely N-dealkylation sites (tertiary alicyclic amines) is 1. The number of amides is 2. The monoisotopic (exact) mass is 244 g/mol. The molecule has 1 heterocycles. The Morgan fingerprint density at radius 2 is 1.89 bits per heavy atom. The van der Waals surface area contributed by atoms with Gasteiger partial charge in [-0.3, -0.25) is 4.90 Å². The summed E-state index contributed by atoms with van der Waals surface area (Å²) in [6.45, 7) is 6.04. The van der Waals surface area contributed by atoms with Crippen molar-refractivity contribution in [2.45, 2.75) is 19.3 Å². The molecule has 1 saturated heterocycles. The summed E-state index contributed by atoms with van der Waals surface area (Å²) < 4.78 is 0. The Morgan fingerprint density at radius 1 is 1.22 bits per heavy atom. The number of anilines is 1. The Morgan fingerprint density at radius 3 is 2.50 bits per heavy atom. The summed E-state index contributed by atoms with van der Waals surface area (Å²) in [5.74, 6) is 0. The normalized spacial score (nSPS) is 15.2. The van der Waals surface area contributed by atoms with Gasteiger partial charge in [0.15, 0.2) is 0 Å². The summed E-state index contributed by atoms with van der Waals surface area (Å²) in [7, 11) is 0. The van der Waals surface area contributed by atoms with Crippen molar-refractivity contribution < 1.29 is 4.79 Å². The van der Waals surface area contributed by atoms with Crippen molar-refractivity contribution >= 4 is 11.7 Å². The zero-order valence-electron chi connectivity index (χ0n) is 10.7. The minimum absolute atomic E-state index is 0.0980. The summed E-state index contributed by atoms with van der Waals surface area (Å²) in [5.41, 5.74) is 0.938. The molecule has 0 unspecified atom stereocenters. The zero-order valence-corrected chi connectivity index (χ0v) is 10.7. The van der Waals surface area contributed by atoms with Gasteiger partial charge >= 0.3 is 6.03 Å². The molecule has 2 rings (SSSR count). The van der Waals surface area contributed by atoms with Crippen LogP contribution in [0.25, 0.3) is 0 Å². The van der Waals surface area contributed by atoms with Crippen LogP contribution in [0.2, 0.25) is 0 Å². The van der Waals surface area contributed by atoms with Crippen molar-refractivity contribution in [3.05, 3.63) is 43.0 Å². The first-order valence-corrected chi connectivity index (χ1v) is 6.55. The molecule has 0 spiro atoms. The molecule has 1 aromatic carbocycles. The standard InChI is InChI=1S/C15H20N2O/c1-2-11-17(14-9-5-3-6-10-14)15(18)16-12-7-4-8-13-16/h2-3,5-6,9-10H,1,4,7-8,11-13H2. The molecule has 0 radical (unpaired) electrons. The summed E-state index contributed by atoms with van der Waals surface area (Å²) in [6, 6.07) is 9.89. The lowest BCUT2D eigenvalue weighted by molar-refractivity contribution is 0.193. The molecule has 0 aliphatic carbocycles. The Hall–Kier alpha value is -1.77. The summed E-state index contributed by atoms with van der Waals surface area (Å²) in [4.78, 5) is 16.2. The number of urea groups is 1. The maximum absolute atomic E-state index is 12.5. The Labute approximate surface area is 109 Å². The predicted molar refractivity (Wildman–Crippen MR) is 74.8 cm³/mol. The fourth-order valence-corrected chi connectivity index (χ4v) is 2.29. The van der Waals surface area contributed by atoms with Crippen LogP contribution in [0.5, 0.6) is 0 Å². The van der Waals surface area contributed by atoms with Gasteiger partial charge in [0.25, 0.3) is 0 Å². The summed E-state index contributed by atoms with van der Waals surface area (Å²) in [6.07, 6.45) is 5.23. The van der Waals surface area contributed by atoms with Crippen LogP contribution < -0.4 is 4.90 Å². The van der Waals surface area contributed by atoms with E-state index in [0.29, 0.717) is 6.54 Å². The highest BCUT2D eigenvalue weighted by Gasteiger charge is 2.22. The van der Waals surface area contributed by atoms with Crippen LogP contribution in [0.1, 0.15) is 19.3 Å². The fraction of sp³-hybridized carbons (Fsp3) is 0.400. The van der Waals surface area contributed by atoms with E-state index in [-0.39, 0.29) is 6.03 Å². The van der Waals surface area contributed by atoms with Crippen molar-refractivity contribution in [2.24, 2.45) is 0 Å². The number of nitrogens with zero attached hydrogens (tertiary/aromatic N) is 2. The van der Waals surface area contributed by atoms with Crippen LogP contribution in [0.3, 0.4) is 0 Å². The third kappa shape index (κ3) is 2.92. The minimum atomic E-state index is 0.0980. The smallest absolute Gasteiger partial charge is 0.324 e. The van der Waals surface area contributed by atoms with Crippen LogP contribution in [0.4, 0.5) is 10.5 Å². The van der Waals surface area contributed by atoms with Crippen LogP contribution >= 0.6 is 0 Å². The van der Waals surface area contributed by atoms with Gasteiger partial charge in [0, 0.05) is 25.3 Å². The number of hydrogen-bond donors (Lipinski definition) is 0. The largest absolute Gasteiger partial charge is 0.324 e. The molecule has 0 N–H and O–H groups in total. The Balaban J connectivity index is 2.14. The molecule has 1 aromatic rings. The van der Waals surface area contributed by atoms with Gasteiger partial charge in [0.05, 0.1) is 0 Å². The second-order valence-corrected chi connectivity index (χ2v) is 4.57. The maximum Gasteiger partial charge on any atom is 0.324 e. The third-order valence-electron chi connectivity index (χ3n) is 3.24. The summed E-state index contributed by atoms with van der Waals surface area (Å²) in [5, 5.41) is 0.